The molecular formula is C11H17N3O3S. The Bertz CT molecular complexity index is 433. The van der Waals surface area contributed by atoms with E-state index in [1.807, 2.05) is 12.3 Å². The van der Waals surface area contributed by atoms with Crippen molar-refractivity contribution in [1.82, 2.24) is 15.6 Å². The number of carbonyl (C=O) groups excluding carboxylic acids is 1. The number of aryl methyl sites for hydroxylation is 1. The first kappa shape index (κ1) is 14.4. The van der Waals surface area contributed by atoms with Crippen LogP contribution in [-0.2, 0) is 4.79 Å². The highest BCUT2D eigenvalue weighted by Crippen LogP contribution is 2.17. The molecule has 0 aromatic carbocycles. The standard InChI is InChI=1S/C11H17N3O3S/c1-4-8(10(15)16)14-11(17)13-7(3)9-12-6(2)5-18-9/h5,7-8H,4H2,1-3H3,(H,15,16)(H2,13,14,17). The highest BCUT2D eigenvalue weighted by molar-refractivity contribution is 7.09. The lowest BCUT2D eigenvalue weighted by molar-refractivity contribution is -0.139. The molecule has 6 nitrogen and oxygen atoms in total. The molecule has 1 heterocycles. The summed E-state index contributed by atoms with van der Waals surface area (Å²) in [6, 6.07) is -1.60. The molecule has 18 heavy (non-hydrogen) atoms. The number of hydrogen-bond acceptors (Lipinski definition) is 4. The van der Waals surface area contributed by atoms with Crippen LogP contribution in [0.3, 0.4) is 0 Å². The summed E-state index contributed by atoms with van der Waals surface area (Å²) >= 11 is 1.46. The fraction of sp³-hybridized carbons (Fsp3) is 0.545. The molecule has 0 radical (unpaired) electrons. The maximum absolute atomic E-state index is 11.6. The van der Waals surface area contributed by atoms with Crippen LogP contribution in [-0.4, -0.2) is 28.1 Å². The van der Waals surface area contributed by atoms with Gasteiger partial charge in [-0.25, -0.2) is 14.6 Å². The monoisotopic (exact) mass is 271 g/mol. The minimum Gasteiger partial charge on any atom is -0.480 e. The van der Waals surface area contributed by atoms with Gasteiger partial charge in [-0.2, -0.15) is 0 Å². The molecule has 0 aliphatic heterocycles. The zero-order valence-electron chi connectivity index (χ0n) is 10.6. The average molecular weight is 271 g/mol. The van der Waals surface area contributed by atoms with Crippen molar-refractivity contribution in [2.24, 2.45) is 0 Å². The highest BCUT2D eigenvalue weighted by Gasteiger charge is 2.19. The largest absolute Gasteiger partial charge is 0.480 e. The van der Waals surface area contributed by atoms with Crippen LogP contribution in [0.2, 0.25) is 0 Å². The van der Waals surface area contributed by atoms with Crippen molar-refractivity contribution < 1.29 is 14.7 Å². The Morgan fingerprint density at radius 3 is 2.61 bits per heavy atom. The van der Waals surface area contributed by atoms with Gasteiger partial charge in [-0.3, -0.25) is 0 Å². The molecule has 0 spiro atoms. The van der Waals surface area contributed by atoms with Gasteiger partial charge in [0.05, 0.1) is 6.04 Å². The number of thiazole rings is 1. The average Bonchev–Trinajstić information content (AvgIpc) is 2.72. The van der Waals surface area contributed by atoms with Gasteiger partial charge in [-0.05, 0) is 20.3 Å². The predicted molar refractivity (Wildman–Crippen MR) is 68.6 cm³/mol. The molecule has 0 aliphatic carbocycles. The highest BCUT2D eigenvalue weighted by atomic mass is 32.1. The van der Waals surface area contributed by atoms with Crippen molar-refractivity contribution in [3.05, 3.63) is 16.1 Å². The van der Waals surface area contributed by atoms with Crippen LogP contribution < -0.4 is 10.6 Å². The molecule has 2 amide bonds. The van der Waals surface area contributed by atoms with E-state index >= 15 is 0 Å². The van der Waals surface area contributed by atoms with Crippen molar-refractivity contribution in [1.29, 1.82) is 0 Å². The van der Waals surface area contributed by atoms with Gasteiger partial charge in [0.2, 0.25) is 0 Å². The summed E-state index contributed by atoms with van der Waals surface area (Å²) in [5, 5.41) is 16.6. The van der Waals surface area contributed by atoms with E-state index in [-0.39, 0.29) is 6.04 Å². The smallest absolute Gasteiger partial charge is 0.326 e. The molecule has 2 atom stereocenters. The molecule has 100 valence electrons. The van der Waals surface area contributed by atoms with Crippen LogP contribution in [0.4, 0.5) is 4.79 Å². The Kier molecular flexibility index (Phi) is 5.08. The fourth-order valence-electron chi connectivity index (χ4n) is 1.37. The maximum Gasteiger partial charge on any atom is 0.326 e. The first-order chi connectivity index (χ1) is 8.43. The number of aromatic nitrogens is 1. The molecule has 1 rings (SSSR count). The third kappa shape index (κ3) is 3.99. The molecule has 1 aromatic heterocycles. The number of carboxylic acid groups (broad SMARTS) is 1. The third-order valence-corrected chi connectivity index (χ3v) is 3.51. The number of carboxylic acids is 1. The van der Waals surface area contributed by atoms with E-state index in [4.69, 9.17) is 5.11 Å². The van der Waals surface area contributed by atoms with E-state index in [0.717, 1.165) is 10.7 Å². The van der Waals surface area contributed by atoms with Crippen LogP contribution in [0.1, 0.15) is 37.0 Å². The molecule has 0 saturated heterocycles. The Morgan fingerprint density at radius 2 is 2.17 bits per heavy atom. The number of urea groups is 1. The minimum absolute atomic E-state index is 0.241. The summed E-state index contributed by atoms with van der Waals surface area (Å²) < 4.78 is 0. The lowest BCUT2D eigenvalue weighted by Crippen LogP contribution is -2.46. The van der Waals surface area contributed by atoms with Crippen LogP contribution in [0, 0.1) is 6.92 Å². The normalized spacial score (nSPS) is 13.7. The van der Waals surface area contributed by atoms with Gasteiger partial charge in [0.25, 0.3) is 0 Å². The van der Waals surface area contributed by atoms with Gasteiger partial charge in [-0.1, -0.05) is 6.92 Å². The molecule has 3 N–H and O–H groups in total. The number of amides is 2. The first-order valence-corrected chi connectivity index (χ1v) is 6.53. The van der Waals surface area contributed by atoms with Crippen molar-refractivity contribution in [3.8, 4) is 0 Å². The van der Waals surface area contributed by atoms with E-state index < -0.39 is 18.0 Å². The SMILES string of the molecule is CCC(NC(=O)NC(C)c1nc(C)cs1)C(=O)O. The summed E-state index contributed by atoms with van der Waals surface area (Å²) in [6.07, 6.45) is 0.341. The molecule has 0 fully saturated rings. The number of aliphatic carboxylic acids is 1. The number of rotatable bonds is 5. The Balaban J connectivity index is 2.52. The second kappa shape index (κ2) is 6.34. The van der Waals surface area contributed by atoms with E-state index in [1.54, 1.807) is 13.8 Å². The van der Waals surface area contributed by atoms with Crippen LogP contribution in [0.15, 0.2) is 5.38 Å². The maximum atomic E-state index is 11.6. The van der Waals surface area contributed by atoms with Gasteiger partial charge in [0.15, 0.2) is 0 Å². The van der Waals surface area contributed by atoms with Gasteiger partial charge >= 0.3 is 12.0 Å². The third-order valence-electron chi connectivity index (χ3n) is 2.37. The summed E-state index contributed by atoms with van der Waals surface area (Å²) in [6.45, 7) is 5.39. The molecule has 1 aromatic rings. The second-order valence-electron chi connectivity index (χ2n) is 3.97. The minimum atomic E-state index is -1.04. The Hall–Kier alpha value is -1.63. The van der Waals surface area contributed by atoms with Gasteiger partial charge < -0.3 is 15.7 Å². The van der Waals surface area contributed by atoms with E-state index in [1.165, 1.54) is 11.3 Å². The molecule has 7 heteroatoms. The van der Waals surface area contributed by atoms with E-state index in [9.17, 15) is 9.59 Å². The zero-order chi connectivity index (χ0) is 13.7. The fourth-order valence-corrected chi connectivity index (χ4v) is 2.17. The summed E-state index contributed by atoms with van der Waals surface area (Å²) in [7, 11) is 0. The lowest BCUT2D eigenvalue weighted by Gasteiger charge is -2.16. The number of hydrogen-bond donors (Lipinski definition) is 3. The second-order valence-corrected chi connectivity index (χ2v) is 4.86. The number of carbonyl (C=O) groups is 2. The molecule has 2 unspecified atom stereocenters. The van der Waals surface area contributed by atoms with Gasteiger partial charge in [0, 0.05) is 11.1 Å². The van der Waals surface area contributed by atoms with Crippen molar-refractivity contribution in [2.45, 2.75) is 39.3 Å². The predicted octanol–water partition coefficient (Wildman–Crippen LogP) is 1.67. The Labute approximate surface area is 109 Å². The van der Waals surface area contributed by atoms with Crippen molar-refractivity contribution in [2.75, 3.05) is 0 Å². The number of nitrogens with one attached hydrogen (secondary N) is 2. The van der Waals surface area contributed by atoms with Gasteiger partial charge in [-0.15, -0.1) is 11.3 Å². The van der Waals surface area contributed by atoms with E-state index in [0.29, 0.717) is 6.42 Å². The van der Waals surface area contributed by atoms with Crippen LogP contribution in [0.5, 0.6) is 0 Å². The van der Waals surface area contributed by atoms with E-state index in [2.05, 4.69) is 15.6 Å². The molecule has 0 saturated carbocycles. The molecule has 0 aliphatic rings. The van der Waals surface area contributed by atoms with Crippen molar-refractivity contribution >= 4 is 23.3 Å². The Morgan fingerprint density at radius 1 is 1.50 bits per heavy atom. The summed E-state index contributed by atoms with van der Waals surface area (Å²) in [5.74, 6) is -1.04. The zero-order valence-corrected chi connectivity index (χ0v) is 11.4. The first-order valence-electron chi connectivity index (χ1n) is 5.65. The molecule has 0 bridgehead atoms. The quantitative estimate of drug-likeness (QED) is 0.759. The van der Waals surface area contributed by atoms with Gasteiger partial charge in [0.1, 0.15) is 11.0 Å². The number of nitrogens with zero attached hydrogens (tertiary/aromatic N) is 1. The summed E-state index contributed by atoms with van der Waals surface area (Å²) in [4.78, 5) is 26.6. The summed E-state index contributed by atoms with van der Waals surface area (Å²) in [5.41, 5.74) is 0.904. The van der Waals surface area contributed by atoms with Crippen LogP contribution in [0.25, 0.3) is 0 Å². The van der Waals surface area contributed by atoms with Crippen LogP contribution >= 0.6 is 11.3 Å². The topological polar surface area (TPSA) is 91.3 Å². The lowest BCUT2D eigenvalue weighted by atomic mass is 10.2. The van der Waals surface area contributed by atoms with Crippen molar-refractivity contribution in [3.63, 3.8) is 0 Å². The molecular weight excluding hydrogens is 254 g/mol.